The Morgan fingerprint density at radius 3 is 2.68 bits per heavy atom. The zero-order valence-corrected chi connectivity index (χ0v) is 20.5. The van der Waals surface area contributed by atoms with Crippen LogP contribution in [0.15, 0.2) is 30.7 Å². The van der Waals surface area contributed by atoms with Crippen molar-refractivity contribution in [1.82, 2.24) is 24.2 Å². The van der Waals surface area contributed by atoms with Crippen molar-refractivity contribution in [3.63, 3.8) is 0 Å². The van der Waals surface area contributed by atoms with Crippen LogP contribution in [0.2, 0.25) is 0 Å². The van der Waals surface area contributed by atoms with Gasteiger partial charge in [-0.25, -0.2) is 18.7 Å². The molecule has 0 aliphatic carbocycles. The molecule has 0 spiro atoms. The van der Waals surface area contributed by atoms with Crippen molar-refractivity contribution in [1.29, 1.82) is 0 Å². The number of halogens is 5. The van der Waals surface area contributed by atoms with Crippen LogP contribution in [0.5, 0.6) is 5.88 Å². The van der Waals surface area contributed by atoms with Gasteiger partial charge in [-0.3, -0.25) is 14.7 Å². The van der Waals surface area contributed by atoms with E-state index in [1.54, 1.807) is 24.0 Å². The van der Waals surface area contributed by atoms with Crippen LogP contribution in [0.1, 0.15) is 38.7 Å². The van der Waals surface area contributed by atoms with Crippen LogP contribution in [0.4, 0.5) is 27.6 Å². The minimum atomic E-state index is -4.58. The fourth-order valence-corrected chi connectivity index (χ4v) is 4.81. The number of hydrogen-bond donors (Lipinski definition) is 1. The molecule has 0 aromatic carbocycles. The molecule has 1 amide bonds. The van der Waals surface area contributed by atoms with Crippen molar-refractivity contribution in [3.8, 4) is 5.88 Å². The van der Waals surface area contributed by atoms with E-state index in [1.165, 1.54) is 6.20 Å². The zero-order valence-electron chi connectivity index (χ0n) is 19.6. The topological polar surface area (TPSA) is 93.1 Å². The number of likely N-dealkylation sites (tertiary alicyclic amines) is 1. The van der Waals surface area contributed by atoms with E-state index >= 15 is 0 Å². The molecule has 1 N–H and O–H groups in total. The van der Waals surface area contributed by atoms with Gasteiger partial charge in [-0.1, -0.05) is 0 Å². The van der Waals surface area contributed by atoms with Crippen LogP contribution in [0.3, 0.4) is 0 Å². The highest BCUT2D eigenvalue weighted by molar-refractivity contribution is 7.06. The van der Waals surface area contributed by atoms with Gasteiger partial charge in [0.2, 0.25) is 5.88 Å². The number of ether oxygens (including phenoxy) is 1. The average molecular weight is 543 g/mol. The third-order valence-corrected chi connectivity index (χ3v) is 6.66. The number of rotatable bonds is 9. The zero-order chi connectivity index (χ0) is 26.6. The third kappa shape index (κ3) is 7.16. The highest BCUT2D eigenvalue weighted by atomic mass is 32.1. The van der Waals surface area contributed by atoms with Crippen molar-refractivity contribution in [2.75, 3.05) is 31.6 Å². The predicted molar refractivity (Wildman–Crippen MR) is 125 cm³/mol. The number of aryl methyl sites for hydroxylation is 1. The molecule has 0 radical (unpaired) electrons. The Kier molecular flexibility index (Phi) is 8.27. The maximum atomic E-state index is 12.9. The van der Waals surface area contributed by atoms with Gasteiger partial charge in [-0.2, -0.15) is 17.5 Å². The summed E-state index contributed by atoms with van der Waals surface area (Å²) in [5.41, 5.74) is 0.372. The second-order valence-corrected chi connectivity index (χ2v) is 9.45. The molecule has 0 bridgehead atoms. The normalized spacial score (nSPS) is 16.4. The van der Waals surface area contributed by atoms with Gasteiger partial charge in [0, 0.05) is 36.0 Å². The van der Waals surface area contributed by atoms with Gasteiger partial charge in [-0.05, 0) is 37.5 Å². The number of nitrogens with one attached hydrogen (secondary N) is 1. The molecule has 1 unspecified atom stereocenters. The van der Waals surface area contributed by atoms with Crippen molar-refractivity contribution in [2.24, 2.45) is 5.92 Å². The predicted octanol–water partition coefficient (Wildman–Crippen LogP) is 4.46. The van der Waals surface area contributed by atoms with Gasteiger partial charge in [0.25, 0.3) is 12.3 Å². The van der Waals surface area contributed by atoms with E-state index in [9.17, 15) is 26.7 Å². The number of carbonyl (C=O) groups is 1. The second-order valence-electron chi connectivity index (χ2n) is 8.59. The third-order valence-electron chi connectivity index (χ3n) is 5.73. The Labute approximate surface area is 213 Å². The van der Waals surface area contributed by atoms with Crippen LogP contribution in [0.25, 0.3) is 0 Å². The standard InChI is InChI=1S/C23H23F5N6O2S/c1-13-21(17(37-33-13)6-16-8-30-18(9-29-16)23(26,27)28)22(35)32-15-2-3-20(31-7-15)36-12-14-4-5-34(10-14)11-19(24)25/h2-3,7-9,14,19H,4-6,10-12H2,1H3,(H,32,35). The molecule has 4 heterocycles. The Bertz CT molecular complexity index is 1200. The Hall–Kier alpha value is -3.26. The fraction of sp³-hybridized carbons (Fsp3) is 0.435. The monoisotopic (exact) mass is 542 g/mol. The lowest BCUT2D eigenvalue weighted by molar-refractivity contribution is -0.141. The summed E-state index contributed by atoms with van der Waals surface area (Å²) in [6, 6.07) is 3.22. The van der Waals surface area contributed by atoms with Crippen molar-refractivity contribution in [3.05, 3.63) is 58.2 Å². The van der Waals surface area contributed by atoms with Crippen LogP contribution in [-0.2, 0) is 12.6 Å². The van der Waals surface area contributed by atoms with Crippen molar-refractivity contribution >= 4 is 23.1 Å². The quantitative estimate of drug-likeness (QED) is 0.399. The van der Waals surface area contributed by atoms with E-state index in [4.69, 9.17) is 4.74 Å². The molecular formula is C23H23F5N6O2S. The average Bonchev–Trinajstić information content (AvgIpc) is 3.43. The van der Waals surface area contributed by atoms with Gasteiger partial charge in [-0.15, -0.1) is 0 Å². The van der Waals surface area contributed by atoms with E-state index in [0.29, 0.717) is 53.6 Å². The minimum absolute atomic E-state index is 0.0976. The molecule has 0 saturated carbocycles. The largest absolute Gasteiger partial charge is 0.477 e. The van der Waals surface area contributed by atoms with Crippen molar-refractivity contribution in [2.45, 2.75) is 32.4 Å². The maximum absolute atomic E-state index is 12.9. The molecule has 3 aromatic heterocycles. The highest BCUT2D eigenvalue weighted by Crippen LogP contribution is 2.28. The molecule has 37 heavy (non-hydrogen) atoms. The van der Waals surface area contributed by atoms with Gasteiger partial charge in [0.1, 0.15) is 0 Å². The lowest BCUT2D eigenvalue weighted by Crippen LogP contribution is -2.27. The molecule has 8 nitrogen and oxygen atoms in total. The second kappa shape index (κ2) is 11.4. The van der Waals surface area contributed by atoms with E-state index in [0.717, 1.165) is 24.2 Å². The lowest BCUT2D eigenvalue weighted by atomic mass is 10.1. The Balaban J connectivity index is 1.33. The van der Waals surface area contributed by atoms with Gasteiger partial charge < -0.3 is 10.1 Å². The number of anilines is 1. The molecule has 1 saturated heterocycles. The molecule has 1 aliphatic heterocycles. The van der Waals surface area contributed by atoms with E-state index < -0.39 is 24.2 Å². The first-order valence-electron chi connectivity index (χ1n) is 11.3. The molecule has 4 rings (SSSR count). The van der Waals surface area contributed by atoms with Gasteiger partial charge >= 0.3 is 6.18 Å². The highest BCUT2D eigenvalue weighted by Gasteiger charge is 2.33. The number of nitrogens with zero attached hydrogens (tertiary/aromatic N) is 5. The van der Waals surface area contributed by atoms with Crippen LogP contribution >= 0.6 is 11.5 Å². The molecule has 198 valence electrons. The van der Waals surface area contributed by atoms with E-state index in [2.05, 4.69) is 24.6 Å². The first kappa shape index (κ1) is 26.8. The summed E-state index contributed by atoms with van der Waals surface area (Å²) in [4.78, 5) is 26.6. The summed E-state index contributed by atoms with van der Waals surface area (Å²) in [7, 11) is 0. The number of hydrogen-bond acceptors (Lipinski definition) is 8. The first-order chi connectivity index (χ1) is 17.6. The number of amides is 1. The lowest BCUT2D eigenvalue weighted by Gasteiger charge is -2.15. The van der Waals surface area contributed by atoms with Crippen molar-refractivity contribution < 1.29 is 31.5 Å². The number of alkyl halides is 5. The first-order valence-corrected chi connectivity index (χ1v) is 12.1. The summed E-state index contributed by atoms with van der Waals surface area (Å²) in [6.45, 7) is 2.94. The van der Waals surface area contributed by atoms with E-state index in [-0.39, 0.29) is 24.6 Å². The van der Waals surface area contributed by atoms with Crippen LogP contribution in [-0.4, -0.2) is 62.8 Å². The van der Waals surface area contributed by atoms with Gasteiger partial charge in [0.15, 0.2) is 5.69 Å². The summed E-state index contributed by atoms with van der Waals surface area (Å²) in [5.74, 6) is 0.0451. The number of pyridine rings is 1. The fourth-order valence-electron chi connectivity index (χ4n) is 3.93. The number of carbonyl (C=O) groups excluding carboxylic acids is 1. The summed E-state index contributed by atoms with van der Waals surface area (Å²) >= 11 is 1.06. The van der Waals surface area contributed by atoms with Gasteiger partial charge in [0.05, 0.1) is 48.2 Å². The van der Waals surface area contributed by atoms with E-state index in [1.807, 2.05) is 0 Å². The SMILES string of the molecule is Cc1nsc(Cc2cnc(C(F)(F)F)cn2)c1C(=O)Nc1ccc(OCC2CCN(CC(F)F)C2)nc1. The van der Waals surface area contributed by atoms with Crippen LogP contribution < -0.4 is 10.1 Å². The smallest absolute Gasteiger partial charge is 0.434 e. The molecule has 1 fully saturated rings. The summed E-state index contributed by atoms with van der Waals surface area (Å²) in [5, 5.41) is 2.74. The molecule has 14 heteroatoms. The summed E-state index contributed by atoms with van der Waals surface area (Å²) in [6.07, 6.45) is -2.95. The minimum Gasteiger partial charge on any atom is -0.477 e. The molecule has 3 aromatic rings. The number of aromatic nitrogens is 4. The Morgan fingerprint density at radius 2 is 2.03 bits per heavy atom. The molecule has 1 atom stereocenters. The Morgan fingerprint density at radius 1 is 1.22 bits per heavy atom. The molecular weight excluding hydrogens is 519 g/mol. The maximum Gasteiger partial charge on any atom is 0.434 e. The van der Waals surface area contributed by atoms with Crippen LogP contribution in [0, 0.1) is 12.8 Å². The summed E-state index contributed by atoms with van der Waals surface area (Å²) < 4.78 is 73.1. The molecule has 1 aliphatic rings.